The molecule has 0 radical (unpaired) electrons. The smallest absolute Gasteiger partial charge is 0.291 e. The first-order valence-electron chi connectivity index (χ1n) is 6.56. The molecule has 6 heteroatoms. The van der Waals surface area contributed by atoms with Crippen LogP contribution in [-0.2, 0) is 12.8 Å². The standard InChI is InChI=1S/C13H16N4OS/c1-2-11-15-12(17-16-11)13(18)14-9-4-3-5-10-8(9)6-7-19-10/h6-7,9H,2-5H2,1H3,(H,14,18)(H,15,16,17). The van der Waals surface area contributed by atoms with Crippen molar-refractivity contribution in [3.8, 4) is 0 Å². The number of nitrogens with one attached hydrogen (secondary N) is 2. The van der Waals surface area contributed by atoms with Crippen LogP contribution in [0.5, 0.6) is 0 Å². The van der Waals surface area contributed by atoms with Crippen molar-refractivity contribution in [1.29, 1.82) is 0 Å². The molecule has 2 heterocycles. The molecule has 2 N–H and O–H groups in total. The molecule has 0 saturated heterocycles. The summed E-state index contributed by atoms with van der Waals surface area (Å²) in [6, 6.07) is 2.21. The van der Waals surface area contributed by atoms with E-state index in [1.165, 1.54) is 10.4 Å². The minimum atomic E-state index is -0.194. The maximum absolute atomic E-state index is 12.1. The van der Waals surface area contributed by atoms with E-state index in [1.807, 2.05) is 6.92 Å². The summed E-state index contributed by atoms with van der Waals surface area (Å²) in [6.45, 7) is 1.97. The van der Waals surface area contributed by atoms with Crippen LogP contribution in [0.4, 0.5) is 0 Å². The Balaban J connectivity index is 1.74. The summed E-state index contributed by atoms with van der Waals surface area (Å²) >= 11 is 1.77. The molecule has 3 rings (SSSR count). The molecule has 0 bridgehead atoms. The number of nitrogens with zero attached hydrogens (tertiary/aromatic N) is 2. The van der Waals surface area contributed by atoms with Crippen LogP contribution in [0.3, 0.4) is 0 Å². The average Bonchev–Trinajstić information content (AvgIpc) is 3.08. The summed E-state index contributed by atoms with van der Waals surface area (Å²) in [5.41, 5.74) is 1.26. The number of hydrogen-bond acceptors (Lipinski definition) is 4. The molecule has 1 aliphatic rings. The number of thiophene rings is 1. The van der Waals surface area contributed by atoms with Gasteiger partial charge in [0.05, 0.1) is 6.04 Å². The fourth-order valence-corrected chi connectivity index (χ4v) is 3.40. The van der Waals surface area contributed by atoms with E-state index in [0.29, 0.717) is 0 Å². The van der Waals surface area contributed by atoms with Gasteiger partial charge in [-0.3, -0.25) is 9.89 Å². The fourth-order valence-electron chi connectivity index (χ4n) is 2.41. The van der Waals surface area contributed by atoms with Gasteiger partial charge in [-0.25, -0.2) is 4.98 Å². The molecule has 1 atom stereocenters. The third-order valence-corrected chi connectivity index (χ3v) is 4.42. The van der Waals surface area contributed by atoms with Gasteiger partial charge in [-0.05, 0) is 36.3 Å². The van der Waals surface area contributed by atoms with Crippen LogP contribution in [0.1, 0.15) is 52.7 Å². The number of carbonyl (C=O) groups is 1. The van der Waals surface area contributed by atoms with E-state index in [4.69, 9.17) is 0 Å². The first kappa shape index (κ1) is 12.3. The Kier molecular flexibility index (Phi) is 3.33. The quantitative estimate of drug-likeness (QED) is 0.903. The highest BCUT2D eigenvalue weighted by Crippen LogP contribution is 2.33. The van der Waals surface area contributed by atoms with E-state index in [9.17, 15) is 4.79 Å². The molecule has 1 unspecified atom stereocenters. The zero-order valence-electron chi connectivity index (χ0n) is 10.8. The Labute approximate surface area is 115 Å². The predicted molar refractivity (Wildman–Crippen MR) is 73.2 cm³/mol. The fraction of sp³-hybridized carbons (Fsp3) is 0.462. The van der Waals surface area contributed by atoms with Crippen molar-refractivity contribution in [3.63, 3.8) is 0 Å². The Morgan fingerprint density at radius 3 is 3.32 bits per heavy atom. The maximum Gasteiger partial charge on any atom is 0.291 e. The van der Waals surface area contributed by atoms with Crippen LogP contribution < -0.4 is 5.32 Å². The van der Waals surface area contributed by atoms with Crippen molar-refractivity contribution in [2.45, 2.75) is 38.6 Å². The molecule has 0 saturated carbocycles. The lowest BCUT2D eigenvalue weighted by Crippen LogP contribution is -2.31. The topological polar surface area (TPSA) is 70.7 Å². The van der Waals surface area contributed by atoms with Crippen LogP contribution in [-0.4, -0.2) is 21.1 Å². The molecule has 2 aromatic rings. The van der Waals surface area contributed by atoms with E-state index < -0.39 is 0 Å². The summed E-state index contributed by atoms with van der Waals surface area (Å²) in [7, 11) is 0. The lowest BCUT2D eigenvalue weighted by atomic mass is 9.94. The second kappa shape index (κ2) is 5.13. The van der Waals surface area contributed by atoms with E-state index in [0.717, 1.165) is 31.5 Å². The number of aryl methyl sites for hydroxylation is 2. The number of hydrogen-bond donors (Lipinski definition) is 2. The second-order valence-corrected chi connectivity index (χ2v) is 5.68. The highest BCUT2D eigenvalue weighted by atomic mass is 32.1. The first-order chi connectivity index (χ1) is 9.28. The number of carbonyl (C=O) groups excluding carboxylic acids is 1. The van der Waals surface area contributed by atoms with Crippen LogP contribution in [0.15, 0.2) is 11.4 Å². The molecule has 1 aliphatic carbocycles. The Bertz CT molecular complexity index is 589. The number of H-pyrrole nitrogens is 1. The van der Waals surface area contributed by atoms with Crippen LogP contribution in [0, 0.1) is 0 Å². The summed E-state index contributed by atoms with van der Waals surface area (Å²) in [5, 5.41) is 11.9. The molecule has 2 aromatic heterocycles. The molecular weight excluding hydrogens is 260 g/mol. The lowest BCUT2D eigenvalue weighted by Gasteiger charge is -2.23. The van der Waals surface area contributed by atoms with E-state index in [-0.39, 0.29) is 17.8 Å². The van der Waals surface area contributed by atoms with Gasteiger partial charge < -0.3 is 5.32 Å². The summed E-state index contributed by atoms with van der Waals surface area (Å²) in [5.74, 6) is 0.782. The molecule has 0 spiro atoms. The highest BCUT2D eigenvalue weighted by molar-refractivity contribution is 7.10. The van der Waals surface area contributed by atoms with Gasteiger partial charge in [0.25, 0.3) is 5.91 Å². The monoisotopic (exact) mass is 276 g/mol. The van der Waals surface area contributed by atoms with Crippen molar-refractivity contribution in [2.75, 3.05) is 0 Å². The SMILES string of the molecule is CCc1nc(C(=O)NC2CCCc3sccc32)n[nH]1. The predicted octanol–water partition coefficient (Wildman–Crippen LogP) is 2.24. The molecular formula is C13H16N4OS. The summed E-state index contributed by atoms with van der Waals surface area (Å²) in [6.07, 6.45) is 3.98. The molecule has 19 heavy (non-hydrogen) atoms. The van der Waals surface area contributed by atoms with Crippen molar-refractivity contribution in [1.82, 2.24) is 20.5 Å². The van der Waals surface area contributed by atoms with Crippen molar-refractivity contribution >= 4 is 17.2 Å². The largest absolute Gasteiger partial charge is 0.342 e. The molecule has 0 aromatic carbocycles. The number of aromatic nitrogens is 3. The Morgan fingerprint density at radius 1 is 1.63 bits per heavy atom. The van der Waals surface area contributed by atoms with E-state index in [2.05, 4.69) is 31.9 Å². The summed E-state index contributed by atoms with van der Waals surface area (Å²) < 4.78 is 0. The van der Waals surface area contributed by atoms with Crippen molar-refractivity contribution in [3.05, 3.63) is 33.5 Å². The number of rotatable bonds is 3. The van der Waals surface area contributed by atoms with E-state index >= 15 is 0 Å². The molecule has 5 nitrogen and oxygen atoms in total. The van der Waals surface area contributed by atoms with Crippen LogP contribution in [0.2, 0.25) is 0 Å². The van der Waals surface area contributed by atoms with Gasteiger partial charge in [-0.15, -0.1) is 16.4 Å². The van der Waals surface area contributed by atoms with Gasteiger partial charge in [0.1, 0.15) is 5.82 Å². The van der Waals surface area contributed by atoms with Gasteiger partial charge in [-0.2, -0.15) is 0 Å². The van der Waals surface area contributed by atoms with Gasteiger partial charge in [0.2, 0.25) is 5.82 Å². The lowest BCUT2D eigenvalue weighted by molar-refractivity contribution is 0.0922. The normalized spacial score (nSPS) is 18.1. The molecule has 1 amide bonds. The number of fused-ring (bicyclic) bond motifs is 1. The molecule has 100 valence electrons. The van der Waals surface area contributed by atoms with Gasteiger partial charge >= 0.3 is 0 Å². The van der Waals surface area contributed by atoms with Gasteiger partial charge in [0, 0.05) is 11.3 Å². The minimum absolute atomic E-state index is 0.103. The Morgan fingerprint density at radius 2 is 2.53 bits per heavy atom. The van der Waals surface area contributed by atoms with Gasteiger partial charge in [-0.1, -0.05) is 6.92 Å². The van der Waals surface area contributed by atoms with Crippen molar-refractivity contribution in [2.24, 2.45) is 0 Å². The molecule has 0 fully saturated rings. The zero-order chi connectivity index (χ0) is 13.2. The third-order valence-electron chi connectivity index (χ3n) is 3.43. The number of aromatic amines is 1. The highest BCUT2D eigenvalue weighted by Gasteiger charge is 2.24. The summed E-state index contributed by atoms with van der Waals surface area (Å²) in [4.78, 5) is 17.7. The first-order valence-corrected chi connectivity index (χ1v) is 7.44. The van der Waals surface area contributed by atoms with Gasteiger partial charge in [0.15, 0.2) is 0 Å². The Hall–Kier alpha value is -1.69. The average molecular weight is 276 g/mol. The minimum Gasteiger partial charge on any atom is -0.342 e. The third kappa shape index (κ3) is 2.40. The number of amides is 1. The van der Waals surface area contributed by atoms with Crippen LogP contribution >= 0.6 is 11.3 Å². The van der Waals surface area contributed by atoms with E-state index in [1.54, 1.807) is 11.3 Å². The second-order valence-electron chi connectivity index (χ2n) is 4.68. The van der Waals surface area contributed by atoms with Crippen molar-refractivity contribution < 1.29 is 4.79 Å². The molecule has 0 aliphatic heterocycles. The zero-order valence-corrected chi connectivity index (χ0v) is 11.6. The van der Waals surface area contributed by atoms with Crippen LogP contribution in [0.25, 0.3) is 0 Å². The maximum atomic E-state index is 12.1.